The number of hydrogen-bond donors (Lipinski definition) is 1. The molecule has 28 heavy (non-hydrogen) atoms. The fourth-order valence-corrected chi connectivity index (χ4v) is 4.09. The van der Waals surface area contributed by atoms with Gasteiger partial charge in [-0.05, 0) is 52.9 Å². The van der Waals surface area contributed by atoms with E-state index in [1.165, 1.54) is 43.5 Å². The molecule has 8 nitrogen and oxygen atoms in total. The first kappa shape index (κ1) is 20.2. The van der Waals surface area contributed by atoms with Gasteiger partial charge in [0.15, 0.2) is 5.75 Å². The molecule has 0 aliphatic rings. The van der Waals surface area contributed by atoms with Crippen LogP contribution in [-0.4, -0.2) is 29.9 Å². The molecule has 0 aliphatic heterocycles. The lowest BCUT2D eigenvalue weighted by molar-refractivity contribution is -0.131. The van der Waals surface area contributed by atoms with Gasteiger partial charge in [0.25, 0.3) is 10.1 Å². The van der Waals surface area contributed by atoms with E-state index in [0.717, 1.165) is 0 Å². The Kier molecular flexibility index (Phi) is 5.63. The van der Waals surface area contributed by atoms with Crippen molar-refractivity contribution in [3.05, 3.63) is 57.8 Å². The van der Waals surface area contributed by atoms with E-state index in [2.05, 4.69) is 4.98 Å². The number of ether oxygens (including phenoxy) is 2. The normalized spacial score (nSPS) is 11.2. The summed E-state index contributed by atoms with van der Waals surface area (Å²) < 4.78 is 43.5. The quantitative estimate of drug-likeness (QED) is 0.245. The Labute approximate surface area is 173 Å². The number of carbonyl (C=O) groups is 2. The van der Waals surface area contributed by atoms with E-state index >= 15 is 0 Å². The minimum Gasteiger partial charge on any atom is -0.426 e. The number of fused-ring (bicyclic) bond motifs is 1. The Morgan fingerprint density at radius 1 is 1.11 bits per heavy atom. The molecule has 0 bridgehead atoms. The molecule has 1 heterocycles. The zero-order valence-electron chi connectivity index (χ0n) is 14.2. The summed E-state index contributed by atoms with van der Waals surface area (Å²) >= 11 is 1.78. The highest BCUT2D eigenvalue weighted by Gasteiger charge is 2.23. The lowest BCUT2D eigenvalue weighted by Crippen LogP contribution is -2.14. The number of pyridine rings is 1. The van der Waals surface area contributed by atoms with Crippen molar-refractivity contribution >= 4 is 55.6 Å². The smallest absolute Gasteiger partial charge is 0.347 e. The molecule has 0 unspecified atom stereocenters. The Balaban J connectivity index is 2.11. The molecule has 0 saturated carbocycles. The molecular weight excluding hydrogens is 501 g/mol. The number of para-hydroxylation sites is 1. The Morgan fingerprint density at radius 2 is 1.82 bits per heavy atom. The number of halogens is 1. The van der Waals surface area contributed by atoms with E-state index in [9.17, 15) is 22.6 Å². The molecule has 0 aliphatic carbocycles. The van der Waals surface area contributed by atoms with E-state index in [1.807, 2.05) is 0 Å². The molecule has 1 aromatic heterocycles. The second kappa shape index (κ2) is 7.81. The largest absolute Gasteiger partial charge is 0.426 e. The summed E-state index contributed by atoms with van der Waals surface area (Å²) in [5, 5.41) is 0.0986. The van der Waals surface area contributed by atoms with Crippen molar-refractivity contribution in [2.24, 2.45) is 0 Å². The highest BCUT2D eigenvalue weighted by Crippen LogP contribution is 2.35. The summed E-state index contributed by atoms with van der Waals surface area (Å²) in [7, 11) is -4.51. The monoisotopic (exact) mass is 513 g/mol. The van der Waals surface area contributed by atoms with Crippen LogP contribution in [0.25, 0.3) is 10.9 Å². The molecule has 0 atom stereocenters. The van der Waals surface area contributed by atoms with Crippen molar-refractivity contribution < 1.29 is 32.0 Å². The first-order valence-electron chi connectivity index (χ1n) is 7.73. The molecular formula is C18H12INO7S. The first-order chi connectivity index (χ1) is 13.2. The summed E-state index contributed by atoms with van der Waals surface area (Å²) in [6.07, 6.45) is 1.40. The van der Waals surface area contributed by atoms with Crippen LogP contribution in [0.2, 0.25) is 0 Å². The highest BCUT2D eigenvalue weighted by molar-refractivity contribution is 14.1. The number of aromatic nitrogens is 1. The fourth-order valence-electron chi connectivity index (χ4n) is 2.49. The third-order valence-electron chi connectivity index (χ3n) is 3.60. The van der Waals surface area contributed by atoms with Gasteiger partial charge in [-0.1, -0.05) is 12.1 Å². The molecule has 10 heteroatoms. The molecule has 3 rings (SSSR count). The predicted octanol–water partition coefficient (Wildman–Crippen LogP) is 3.23. The van der Waals surface area contributed by atoms with Crippen molar-refractivity contribution in [1.29, 1.82) is 0 Å². The molecule has 144 valence electrons. The van der Waals surface area contributed by atoms with E-state index in [-0.39, 0.29) is 36.4 Å². The predicted molar refractivity (Wildman–Crippen MR) is 107 cm³/mol. The molecule has 1 N–H and O–H groups in total. The van der Waals surface area contributed by atoms with Gasteiger partial charge in [-0.15, -0.1) is 0 Å². The number of rotatable bonds is 4. The Morgan fingerprint density at radius 3 is 2.50 bits per heavy atom. The van der Waals surface area contributed by atoms with Crippen LogP contribution in [0.15, 0.2) is 53.6 Å². The number of esters is 2. The van der Waals surface area contributed by atoms with Crippen LogP contribution in [0.1, 0.15) is 17.3 Å². The van der Waals surface area contributed by atoms with Crippen LogP contribution >= 0.6 is 22.6 Å². The van der Waals surface area contributed by atoms with Gasteiger partial charge in [-0.25, -0.2) is 4.79 Å². The fraction of sp³-hybridized carbons (Fsp3) is 0.0556. The van der Waals surface area contributed by atoms with Crippen molar-refractivity contribution in [2.75, 3.05) is 0 Å². The zero-order valence-corrected chi connectivity index (χ0v) is 17.2. The third kappa shape index (κ3) is 4.13. The first-order valence-corrected chi connectivity index (χ1v) is 10.2. The number of benzene rings is 2. The standard InChI is InChI=1S/C18H12INO7S/c1-10(21)26-14-7-3-2-5-11(14)18(22)27-17-13(19)9-15(28(23,24)25)12-6-4-8-20-16(12)17/h2-9H,1H3,(H,23,24,25). The van der Waals surface area contributed by atoms with E-state index in [4.69, 9.17) is 9.47 Å². The summed E-state index contributed by atoms with van der Waals surface area (Å²) in [5.74, 6) is -1.37. The number of carbonyl (C=O) groups excluding carboxylic acids is 2. The molecule has 3 aromatic rings. The van der Waals surface area contributed by atoms with Gasteiger partial charge in [-0.3, -0.25) is 14.3 Å². The van der Waals surface area contributed by atoms with Gasteiger partial charge >= 0.3 is 11.9 Å². The maximum atomic E-state index is 12.7. The Hall–Kier alpha value is -2.57. The van der Waals surface area contributed by atoms with E-state index < -0.39 is 22.1 Å². The molecule has 0 fully saturated rings. The van der Waals surface area contributed by atoms with Gasteiger partial charge in [-0.2, -0.15) is 8.42 Å². The summed E-state index contributed by atoms with van der Waals surface area (Å²) in [5.41, 5.74) is 0.0942. The van der Waals surface area contributed by atoms with E-state index in [0.29, 0.717) is 0 Å². The lowest BCUT2D eigenvalue weighted by Gasteiger charge is -2.13. The van der Waals surface area contributed by atoms with Gasteiger partial charge in [0, 0.05) is 18.5 Å². The van der Waals surface area contributed by atoms with Gasteiger partial charge in [0.05, 0.1) is 3.57 Å². The van der Waals surface area contributed by atoms with Crippen molar-refractivity contribution in [1.82, 2.24) is 4.98 Å². The van der Waals surface area contributed by atoms with Gasteiger partial charge in [0.2, 0.25) is 0 Å². The van der Waals surface area contributed by atoms with Gasteiger partial charge in [0.1, 0.15) is 21.7 Å². The second-order valence-corrected chi connectivity index (χ2v) is 8.09. The van der Waals surface area contributed by atoms with Crippen LogP contribution < -0.4 is 9.47 Å². The van der Waals surface area contributed by atoms with Crippen LogP contribution in [0.4, 0.5) is 0 Å². The van der Waals surface area contributed by atoms with Crippen LogP contribution in [0.5, 0.6) is 11.5 Å². The molecule has 2 aromatic carbocycles. The summed E-state index contributed by atoms with van der Waals surface area (Å²) in [4.78, 5) is 27.7. The minimum atomic E-state index is -4.51. The SMILES string of the molecule is CC(=O)Oc1ccccc1C(=O)Oc1c(I)cc(S(=O)(=O)O)c2cccnc12. The van der Waals surface area contributed by atoms with Crippen molar-refractivity contribution in [3.8, 4) is 11.5 Å². The van der Waals surface area contributed by atoms with E-state index in [1.54, 1.807) is 34.7 Å². The maximum absolute atomic E-state index is 12.7. The summed E-state index contributed by atoms with van der Waals surface area (Å²) in [6.45, 7) is 1.20. The number of nitrogens with zero attached hydrogens (tertiary/aromatic N) is 1. The lowest BCUT2D eigenvalue weighted by atomic mass is 10.2. The van der Waals surface area contributed by atoms with Crippen LogP contribution in [0, 0.1) is 3.57 Å². The maximum Gasteiger partial charge on any atom is 0.347 e. The summed E-state index contributed by atoms with van der Waals surface area (Å²) in [6, 6.07) is 10.1. The number of hydrogen-bond acceptors (Lipinski definition) is 7. The average Bonchev–Trinajstić information content (AvgIpc) is 2.62. The van der Waals surface area contributed by atoms with Crippen molar-refractivity contribution in [3.63, 3.8) is 0 Å². The third-order valence-corrected chi connectivity index (χ3v) is 5.29. The van der Waals surface area contributed by atoms with Crippen molar-refractivity contribution in [2.45, 2.75) is 11.8 Å². The average molecular weight is 513 g/mol. The topological polar surface area (TPSA) is 120 Å². The van der Waals surface area contributed by atoms with Crippen LogP contribution in [-0.2, 0) is 14.9 Å². The van der Waals surface area contributed by atoms with Crippen LogP contribution in [0.3, 0.4) is 0 Å². The minimum absolute atomic E-state index is 0.0106. The molecule has 0 saturated heterocycles. The zero-order chi connectivity index (χ0) is 20.5. The second-order valence-electron chi connectivity index (χ2n) is 5.54. The highest BCUT2D eigenvalue weighted by atomic mass is 127. The Bertz CT molecular complexity index is 1210. The molecule has 0 radical (unpaired) electrons. The molecule has 0 spiro atoms. The van der Waals surface area contributed by atoms with Gasteiger partial charge < -0.3 is 9.47 Å². The molecule has 0 amide bonds.